The van der Waals surface area contributed by atoms with E-state index in [0.717, 1.165) is 21.9 Å². The number of morpholine rings is 1. The van der Waals surface area contributed by atoms with Crippen LogP contribution in [0.2, 0.25) is 0 Å². The van der Waals surface area contributed by atoms with Crippen molar-refractivity contribution < 1.29 is 19.1 Å². The van der Waals surface area contributed by atoms with Crippen LogP contribution in [0.3, 0.4) is 0 Å². The minimum absolute atomic E-state index is 0.0130. The highest BCUT2D eigenvalue weighted by Gasteiger charge is 2.70. The molecular weight excluding hydrogens is 579 g/mol. The van der Waals surface area contributed by atoms with Crippen molar-refractivity contribution in [3.8, 4) is 0 Å². The number of aromatic nitrogens is 1. The molecule has 5 heterocycles. The molecule has 2 bridgehead atoms. The van der Waals surface area contributed by atoms with Crippen molar-refractivity contribution >= 4 is 57.8 Å². The molecule has 3 aromatic rings. The van der Waals surface area contributed by atoms with Crippen LogP contribution in [0.25, 0.3) is 0 Å². The molecule has 3 aliphatic heterocycles. The topological polar surface area (TPSA) is 88.9 Å². The molecule has 11 heteroatoms. The van der Waals surface area contributed by atoms with Crippen LogP contribution in [0.15, 0.2) is 51.6 Å². The number of benzene rings is 1. The Morgan fingerprint density at radius 2 is 1.73 bits per heavy atom. The number of ether oxygens (including phenoxy) is 1. The number of thioether (sulfide) groups is 1. The first kappa shape index (κ1) is 25.9. The normalized spacial score (nSPS) is 31.9. The highest BCUT2D eigenvalue weighted by atomic mass is 32.2. The molecule has 4 fully saturated rings. The number of rotatable bonds is 4. The third-order valence-corrected chi connectivity index (χ3v) is 13.5. The van der Waals surface area contributed by atoms with Gasteiger partial charge in [0, 0.05) is 34.0 Å². The zero-order valence-electron chi connectivity index (χ0n) is 22.4. The monoisotopic (exact) mass is 607 g/mol. The Labute approximate surface area is 249 Å². The Morgan fingerprint density at radius 3 is 2.44 bits per heavy atom. The molecule has 7 atom stereocenters. The van der Waals surface area contributed by atoms with Crippen molar-refractivity contribution in [3.05, 3.63) is 66.8 Å². The molecule has 1 aromatic carbocycles. The smallest absolute Gasteiger partial charge is 0.308 e. The van der Waals surface area contributed by atoms with Crippen molar-refractivity contribution in [3.63, 3.8) is 0 Å². The van der Waals surface area contributed by atoms with Crippen LogP contribution >= 0.6 is 34.4 Å². The molecule has 8 nitrogen and oxygen atoms in total. The fourth-order valence-corrected chi connectivity index (χ4v) is 12.1. The summed E-state index contributed by atoms with van der Waals surface area (Å²) in [6.45, 7) is 4.11. The minimum atomic E-state index is -0.332. The number of hydrogen-bond donors (Lipinski definition) is 0. The average molecular weight is 608 g/mol. The van der Waals surface area contributed by atoms with Gasteiger partial charge in [0.25, 0.3) is 0 Å². The number of anilines is 1. The number of thiazole rings is 1. The first-order chi connectivity index (χ1) is 19.9. The first-order valence-electron chi connectivity index (χ1n) is 14.2. The molecule has 5 aliphatic rings. The van der Waals surface area contributed by atoms with Crippen molar-refractivity contribution in [1.82, 2.24) is 9.47 Å². The van der Waals surface area contributed by atoms with E-state index in [1.54, 1.807) is 32.6 Å². The zero-order chi connectivity index (χ0) is 28.0. The van der Waals surface area contributed by atoms with Crippen LogP contribution in [0.5, 0.6) is 0 Å². The van der Waals surface area contributed by atoms with E-state index < -0.39 is 0 Å². The summed E-state index contributed by atoms with van der Waals surface area (Å²) in [5.41, 5.74) is 1.73. The highest BCUT2D eigenvalue weighted by Crippen LogP contribution is 2.69. The summed E-state index contributed by atoms with van der Waals surface area (Å²) in [6.07, 6.45) is 0.852. The Balaban J connectivity index is 1.17. The Bertz CT molecular complexity index is 1610. The van der Waals surface area contributed by atoms with E-state index >= 15 is 0 Å². The standard InChI is InChI=1S/C30H29N3O5S3/c1-15-4-6-16(7-5-15)33-27(35)22-17-13-18(23(22)28(33)36)25-21(17)24(19-3-2-12-39-19)26-29(40-25)32(30(37)41-26)14-20(34)31-8-10-38-11-9-31/h2-7,12,17-18,21-25H,8-11,13-14H2,1H3. The number of hydrogen-bond acceptors (Lipinski definition) is 8. The lowest BCUT2D eigenvalue weighted by molar-refractivity contribution is -0.136. The van der Waals surface area contributed by atoms with Crippen LogP contribution < -0.4 is 9.77 Å². The molecule has 0 N–H and O–H groups in total. The molecular formula is C30H29N3O5S3. The molecule has 0 spiro atoms. The largest absolute Gasteiger partial charge is 0.378 e. The van der Waals surface area contributed by atoms with Gasteiger partial charge in [-0.15, -0.1) is 23.1 Å². The summed E-state index contributed by atoms with van der Waals surface area (Å²) in [6, 6.07) is 11.8. The number of amides is 3. The lowest BCUT2D eigenvalue weighted by atomic mass is 9.69. The maximum absolute atomic E-state index is 13.9. The molecule has 212 valence electrons. The lowest BCUT2D eigenvalue weighted by Crippen LogP contribution is -2.44. The van der Waals surface area contributed by atoms with Gasteiger partial charge in [-0.2, -0.15) is 0 Å². The van der Waals surface area contributed by atoms with E-state index in [1.165, 1.54) is 21.1 Å². The number of imide groups is 1. The second-order valence-electron chi connectivity index (χ2n) is 11.7. The molecule has 3 amide bonds. The van der Waals surface area contributed by atoms with Crippen LogP contribution in [0, 0.1) is 36.5 Å². The van der Waals surface area contributed by atoms with Gasteiger partial charge >= 0.3 is 4.87 Å². The molecule has 2 aliphatic carbocycles. The quantitative estimate of drug-likeness (QED) is 0.419. The van der Waals surface area contributed by atoms with Gasteiger partial charge in [-0.1, -0.05) is 35.1 Å². The molecule has 2 saturated heterocycles. The van der Waals surface area contributed by atoms with E-state index in [1.807, 2.05) is 37.3 Å². The fourth-order valence-electron chi connectivity index (χ4n) is 8.04. The van der Waals surface area contributed by atoms with E-state index in [-0.39, 0.29) is 69.9 Å². The minimum Gasteiger partial charge on any atom is -0.378 e. The number of aryl methyl sites for hydroxylation is 1. The van der Waals surface area contributed by atoms with Gasteiger partial charge in [0.2, 0.25) is 17.7 Å². The number of fused-ring (bicyclic) bond motifs is 9. The van der Waals surface area contributed by atoms with Crippen molar-refractivity contribution in [1.29, 1.82) is 0 Å². The summed E-state index contributed by atoms with van der Waals surface area (Å²) in [5.74, 6) is -0.588. The Hall–Kier alpha value is -2.73. The number of thiophene rings is 1. The second-order valence-corrected chi connectivity index (χ2v) is 14.9. The maximum Gasteiger partial charge on any atom is 0.308 e. The van der Waals surface area contributed by atoms with Gasteiger partial charge in [0.15, 0.2) is 0 Å². The van der Waals surface area contributed by atoms with Gasteiger partial charge in [-0.3, -0.25) is 28.6 Å². The van der Waals surface area contributed by atoms with Gasteiger partial charge in [-0.25, -0.2) is 0 Å². The molecule has 2 aromatic heterocycles. The molecule has 41 heavy (non-hydrogen) atoms. The van der Waals surface area contributed by atoms with Crippen molar-refractivity contribution in [2.45, 2.75) is 36.1 Å². The fraction of sp³-hybridized carbons (Fsp3) is 0.467. The SMILES string of the molecule is Cc1ccc(N2C(=O)C3C4CC(C3C2=O)C2C(c3cccs3)c3sc(=O)n(CC(=O)N5CCOCC5)c3SC42)cc1. The summed E-state index contributed by atoms with van der Waals surface area (Å²) in [4.78, 5) is 59.7. The summed E-state index contributed by atoms with van der Waals surface area (Å²) < 4.78 is 7.07. The average Bonchev–Trinajstić information content (AvgIpc) is 3.80. The van der Waals surface area contributed by atoms with Gasteiger partial charge in [0.1, 0.15) is 6.54 Å². The molecule has 8 rings (SSSR count). The van der Waals surface area contributed by atoms with Crippen LogP contribution in [-0.2, 0) is 25.7 Å². The third kappa shape index (κ3) is 3.81. The second kappa shape index (κ2) is 9.65. The first-order valence-corrected chi connectivity index (χ1v) is 16.7. The third-order valence-electron chi connectivity index (χ3n) is 9.75. The van der Waals surface area contributed by atoms with Crippen molar-refractivity contribution in [2.75, 3.05) is 31.2 Å². The zero-order valence-corrected chi connectivity index (χ0v) is 24.9. The molecule has 2 saturated carbocycles. The van der Waals surface area contributed by atoms with Gasteiger partial charge in [-0.05, 0) is 54.7 Å². The predicted octanol–water partition coefficient (Wildman–Crippen LogP) is 3.82. The number of carbonyl (C=O) groups is 3. The Morgan fingerprint density at radius 1 is 1.00 bits per heavy atom. The van der Waals surface area contributed by atoms with E-state index in [9.17, 15) is 19.2 Å². The van der Waals surface area contributed by atoms with E-state index in [2.05, 4.69) is 11.4 Å². The van der Waals surface area contributed by atoms with E-state index in [4.69, 9.17) is 4.74 Å². The van der Waals surface area contributed by atoms with Gasteiger partial charge < -0.3 is 9.64 Å². The number of nitrogens with zero attached hydrogens (tertiary/aromatic N) is 3. The predicted molar refractivity (Wildman–Crippen MR) is 158 cm³/mol. The highest BCUT2D eigenvalue weighted by molar-refractivity contribution is 8.00. The van der Waals surface area contributed by atoms with Crippen LogP contribution in [0.4, 0.5) is 5.69 Å². The summed E-state index contributed by atoms with van der Waals surface area (Å²) >= 11 is 4.61. The molecule has 0 radical (unpaired) electrons. The van der Waals surface area contributed by atoms with E-state index in [0.29, 0.717) is 32.0 Å². The maximum atomic E-state index is 13.9. The number of carbonyl (C=O) groups excluding carboxylic acids is 3. The van der Waals surface area contributed by atoms with Crippen molar-refractivity contribution in [2.24, 2.45) is 29.6 Å². The van der Waals surface area contributed by atoms with Crippen LogP contribution in [0.1, 0.15) is 27.7 Å². The van der Waals surface area contributed by atoms with Gasteiger partial charge in [0.05, 0.1) is 35.8 Å². The summed E-state index contributed by atoms with van der Waals surface area (Å²) in [7, 11) is 0. The Kier molecular flexibility index (Phi) is 6.11. The van der Waals surface area contributed by atoms with Crippen LogP contribution in [-0.4, -0.2) is 58.7 Å². The summed E-state index contributed by atoms with van der Waals surface area (Å²) in [5, 5.41) is 3.04. The molecule has 7 unspecified atom stereocenters. The lowest BCUT2D eigenvalue weighted by Gasteiger charge is -2.43.